The molecule has 0 fully saturated rings. The average molecular weight is 446 g/mol. The van der Waals surface area contributed by atoms with Crippen LogP contribution in [0.1, 0.15) is 49.5 Å². The van der Waals surface area contributed by atoms with Gasteiger partial charge in [0.05, 0.1) is 12.8 Å². The molecule has 172 valence electrons. The highest BCUT2D eigenvalue weighted by Crippen LogP contribution is 2.27. The fourth-order valence-electron chi connectivity index (χ4n) is 3.44. The molecule has 0 aliphatic carbocycles. The summed E-state index contributed by atoms with van der Waals surface area (Å²) < 4.78 is 5.97. The molecule has 0 radical (unpaired) electrons. The molecule has 2 amide bonds. The topological polar surface area (TPSA) is 79.8 Å². The number of benzene rings is 3. The molecular formula is C27H31N3O3. The van der Waals surface area contributed by atoms with Gasteiger partial charge in [0, 0.05) is 11.1 Å². The Balaban J connectivity index is 1.76. The third kappa shape index (κ3) is 6.42. The number of fused-ring (bicyclic) bond motifs is 1. The molecule has 0 saturated carbocycles. The van der Waals surface area contributed by atoms with Crippen molar-refractivity contribution < 1.29 is 14.3 Å². The number of nitrogens with zero attached hydrogens (tertiary/aromatic N) is 1. The summed E-state index contributed by atoms with van der Waals surface area (Å²) in [5.41, 5.74) is 3.90. The smallest absolute Gasteiger partial charge is 0.262 e. The van der Waals surface area contributed by atoms with Crippen molar-refractivity contribution >= 4 is 28.8 Å². The third-order valence-electron chi connectivity index (χ3n) is 5.33. The van der Waals surface area contributed by atoms with E-state index in [1.807, 2.05) is 56.3 Å². The van der Waals surface area contributed by atoms with E-state index in [4.69, 9.17) is 4.74 Å². The van der Waals surface area contributed by atoms with Crippen LogP contribution in [0.3, 0.4) is 0 Å². The van der Waals surface area contributed by atoms with Crippen molar-refractivity contribution in [1.82, 2.24) is 10.7 Å². The molecule has 0 aliphatic heterocycles. The summed E-state index contributed by atoms with van der Waals surface area (Å²) in [5, 5.41) is 9.06. The summed E-state index contributed by atoms with van der Waals surface area (Å²) in [6, 6.07) is 20.0. The van der Waals surface area contributed by atoms with Gasteiger partial charge in [-0.15, -0.1) is 0 Å². The highest BCUT2D eigenvalue weighted by atomic mass is 16.5. The first-order chi connectivity index (χ1) is 16.0. The van der Waals surface area contributed by atoms with Crippen LogP contribution in [0.25, 0.3) is 10.8 Å². The average Bonchev–Trinajstić information content (AvgIpc) is 2.83. The van der Waals surface area contributed by atoms with Gasteiger partial charge in [0.1, 0.15) is 11.8 Å². The fraction of sp³-hybridized carbons (Fsp3) is 0.296. The second-order valence-corrected chi connectivity index (χ2v) is 8.20. The second kappa shape index (κ2) is 11.8. The zero-order valence-corrected chi connectivity index (χ0v) is 19.4. The molecule has 0 aromatic heterocycles. The maximum atomic E-state index is 12.8. The Morgan fingerprint density at radius 3 is 2.45 bits per heavy atom. The molecule has 2 N–H and O–H groups in total. The molecule has 0 bridgehead atoms. The summed E-state index contributed by atoms with van der Waals surface area (Å²) in [6.45, 7) is 6.49. The third-order valence-corrected chi connectivity index (χ3v) is 5.33. The molecule has 33 heavy (non-hydrogen) atoms. The van der Waals surface area contributed by atoms with Crippen LogP contribution in [-0.4, -0.2) is 30.7 Å². The molecule has 0 saturated heterocycles. The lowest BCUT2D eigenvalue weighted by molar-refractivity contribution is -0.123. The summed E-state index contributed by atoms with van der Waals surface area (Å²) in [5.74, 6) is -0.0652. The molecule has 0 spiro atoms. The number of nitrogens with one attached hydrogen (secondary N) is 2. The normalized spacial score (nSPS) is 12.1. The van der Waals surface area contributed by atoms with Crippen LogP contribution >= 0.6 is 0 Å². The van der Waals surface area contributed by atoms with Crippen LogP contribution < -0.4 is 15.5 Å². The van der Waals surface area contributed by atoms with Crippen molar-refractivity contribution in [2.45, 2.75) is 39.7 Å². The van der Waals surface area contributed by atoms with Gasteiger partial charge in [-0.25, -0.2) is 5.43 Å². The van der Waals surface area contributed by atoms with Crippen LogP contribution in [0.4, 0.5) is 0 Å². The van der Waals surface area contributed by atoms with Crippen LogP contribution in [0.2, 0.25) is 0 Å². The lowest BCUT2D eigenvalue weighted by Gasteiger charge is -2.20. The van der Waals surface area contributed by atoms with E-state index in [0.717, 1.165) is 34.9 Å². The van der Waals surface area contributed by atoms with E-state index in [1.54, 1.807) is 30.5 Å². The molecule has 6 nitrogen and oxygen atoms in total. The van der Waals surface area contributed by atoms with Gasteiger partial charge in [0.2, 0.25) is 0 Å². The first-order valence-electron chi connectivity index (χ1n) is 11.3. The van der Waals surface area contributed by atoms with Crippen LogP contribution in [-0.2, 0) is 4.79 Å². The minimum absolute atomic E-state index is 0.113. The van der Waals surface area contributed by atoms with Gasteiger partial charge in [-0.1, -0.05) is 75.7 Å². The highest BCUT2D eigenvalue weighted by Gasteiger charge is 2.24. The van der Waals surface area contributed by atoms with Crippen molar-refractivity contribution in [1.29, 1.82) is 0 Å². The van der Waals surface area contributed by atoms with Gasteiger partial charge in [-0.3, -0.25) is 9.59 Å². The first-order valence-corrected chi connectivity index (χ1v) is 11.3. The molecule has 3 aromatic rings. The van der Waals surface area contributed by atoms with Gasteiger partial charge in [-0.2, -0.15) is 5.10 Å². The Labute approximate surface area is 195 Å². The molecule has 1 atom stereocenters. The van der Waals surface area contributed by atoms with E-state index in [1.165, 1.54) is 0 Å². The Bertz CT molecular complexity index is 1110. The number of unbranched alkanes of at least 4 members (excludes halogenated alkanes) is 1. The Morgan fingerprint density at radius 2 is 1.73 bits per heavy atom. The first kappa shape index (κ1) is 24.0. The van der Waals surface area contributed by atoms with Crippen molar-refractivity contribution in [3.05, 3.63) is 77.9 Å². The van der Waals surface area contributed by atoms with Crippen LogP contribution in [0, 0.1) is 5.92 Å². The highest BCUT2D eigenvalue weighted by molar-refractivity contribution is 6.03. The van der Waals surface area contributed by atoms with Gasteiger partial charge in [-0.05, 0) is 41.3 Å². The quantitative estimate of drug-likeness (QED) is 0.264. The molecular weight excluding hydrogens is 414 g/mol. The zero-order valence-electron chi connectivity index (χ0n) is 19.4. The standard InChI is InChI=1S/C27H31N3O3/c1-4-5-17-33-24-16-15-20-11-9-10-14-22(20)23(24)18-28-30-27(32)25(19(2)3)29-26(31)21-12-7-6-8-13-21/h6-16,18-19,25H,4-5,17H2,1-3H3,(H,29,31)(H,30,32)/b28-18+. The maximum absolute atomic E-state index is 12.8. The van der Waals surface area contributed by atoms with E-state index in [0.29, 0.717) is 12.2 Å². The number of hydrogen-bond acceptors (Lipinski definition) is 4. The van der Waals surface area contributed by atoms with E-state index in [2.05, 4.69) is 22.8 Å². The van der Waals surface area contributed by atoms with Gasteiger partial charge in [0.25, 0.3) is 11.8 Å². The number of ether oxygens (including phenoxy) is 1. The number of carbonyl (C=O) groups excluding carboxylic acids is 2. The largest absolute Gasteiger partial charge is 0.493 e. The van der Waals surface area contributed by atoms with Crippen LogP contribution in [0.15, 0.2) is 71.8 Å². The van der Waals surface area contributed by atoms with Gasteiger partial charge in [0.15, 0.2) is 0 Å². The lowest BCUT2D eigenvalue weighted by atomic mass is 10.0. The predicted molar refractivity (Wildman–Crippen MR) is 133 cm³/mol. The van der Waals surface area contributed by atoms with Crippen molar-refractivity contribution in [3.63, 3.8) is 0 Å². The Hall–Kier alpha value is -3.67. The van der Waals surface area contributed by atoms with Gasteiger partial charge >= 0.3 is 0 Å². The summed E-state index contributed by atoms with van der Waals surface area (Å²) in [7, 11) is 0. The summed E-state index contributed by atoms with van der Waals surface area (Å²) in [6.07, 6.45) is 3.60. The fourth-order valence-corrected chi connectivity index (χ4v) is 3.44. The zero-order chi connectivity index (χ0) is 23.6. The molecule has 3 aromatic carbocycles. The van der Waals surface area contributed by atoms with Crippen molar-refractivity contribution in [3.8, 4) is 5.75 Å². The Morgan fingerprint density at radius 1 is 1.00 bits per heavy atom. The summed E-state index contributed by atoms with van der Waals surface area (Å²) in [4.78, 5) is 25.4. The van der Waals surface area contributed by atoms with E-state index in [9.17, 15) is 9.59 Å². The monoisotopic (exact) mass is 445 g/mol. The predicted octanol–water partition coefficient (Wildman–Crippen LogP) is 4.92. The number of hydrogen-bond donors (Lipinski definition) is 2. The van der Waals surface area contributed by atoms with Gasteiger partial charge < -0.3 is 10.1 Å². The number of amides is 2. The number of carbonyl (C=O) groups is 2. The Kier molecular flexibility index (Phi) is 8.58. The van der Waals surface area contributed by atoms with Crippen molar-refractivity contribution in [2.75, 3.05) is 6.61 Å². The lowest BCUT2D eigenvalue weighted by Crippen LogP contribution is -2.48. The molecule has 6 heteroatoms. The molecule has 1 unspecified atom stereocenters. The SMILES string of the molecule is CCCCOc1ccc2ccccc2c1/C=N/NC(=O)C(NC(=O)c1ccccc1)C(C)C. The molecule has 3 rings (SSSR count). The van der Waals surface area contributed by atoms with E-state index in [-0.39, 0.29) is 17.7 Å². The molecule has 0 heterocycles. The number of rotatable bonds is 10. The second-order valence-electron chi connectivity index (χ2n) is 8.20. The minimum atomic E-state index is -0.720. The maximum Gasteiger partial charge on any atom is 0.262 e. The summed E-state index contributed by atoms with van der Waals surface area (Å²) >= 11 is 0. The minimum Gasteiger partial charge on any atom is -0.493 e. The number of hydrazone groups is 1. The van der Waals surface area contributed by atoms with Crippen LogP contribution in [0.5, 0.6) is 5.75 Å². The van der Waals surface area contributed by atoms with E-state index >= 15 is 0 Å². The molecule has 0 aliphatic rings. The van der Waals surface area contributed by atoms with Crippen molar-refractivity contribution in [2.24, 2.45) is 11.0 Å². The van der Waals surface area contributed by atoms with E-state index < -0.39 is 6.04 Å².